The van der Waals surface area contributed by atoms with Crippen molar-refractivity contribution in [3.8, 4) is 0 Å². The molecule has 2 heterocycles. The van der Waals surface area contributed by atoms with Crippen molar-refractivity contribution in [3.63, 3.8) is 0 Å². The minimum absolute atomic E-state index is 0.423. The van der Waals surface area contributed by atoms with Gasteiger partial charge in [0, 0.05) is 18.0 Å². The molecule has 2 rings (SSSR count). The Morgan fingerprint density at radius 1 is 1.53 bits per heavy atom. The summed E-state index contributed by atoms with van der Waals surface area (Å²) in [5.41, 5.74) is 1.06. The quantitative estimate of drug-likeness (QED) is 0.896. The van der Waals surface area contributed by atoms with Crippen LogP contribution in [0.25, 0.3) is 0 Å². The van der Waals surface area contributed by atoms with Crippen molar-refractivity contribution in [2.45, 2.75) is 26.4 Å². The van der Waals surface area contributed by atoms with Crippen LogP contribution in [0.2, 0.25) is 0 Å². The van der Waals surface area contributed by atoms with E-state index in [4.69, 9.17) is 0 Å². The molecule has 0 fully saturated rings. The number of thiazole rings is 2. The molecule has 0 radical (unpaired) electrons. The molecular weight excluding hydrogens is 228 g/mol. The lowest BCUT2D eigenvalue weighted by atomic mass is 10.3. The van der Waals surface area contributed by atoms with E-state index in [9.17, 15) is 5.11 Å². The van der Waals surface area contributed by atoms with Gasteiger partial charge in [0.2, 0.25) is 0 Å². The lowest BCUT2D eigenvalue weighted by molar-refractivity contribution is 0.203. The summed E-state index contributed by atoms with van der Waals surface area (Å²) in [5, 5.41) is 13.5. The molecule has 0 aliphatic carbocycles. The van der Waals surface area contributed by atoms with Crippen molar-refractivity contribution in [2.24, 2.45) is 0 Å². The molecule has 1 unspecified atom stereocenters. The second-order valence-corrected chi connectivity index (χ2v) is 5.58. The summed E-state index contributed by atoms with van der Waals surface area (Å²) in [6.45, 7) is 3.75. The molecule has 0 saturated carbocycles. The van der Waals surface area contributed by atoms with Gasteiger partial charge in [-0.2, -0.15) is 0 Å². The average Bonchev–Trinajstić information content (AvgIpc) is 2.76. The number of hydrogen-bond donors (Lipinski definition) is 1. The fraction of sp³-hybridized carbons (Fsp3) is 0.400. The van der Waals surface area contributed by atoms with Crippen LogP contribution < -0.4 is 0 Å². The third-order valence-electron chi connectivity index (χ3n) is 1.98. The number of hydrogen-bond acceptors (Lipinski definition) is 5. The first-order valence-corrected chi connectivity index (χ1v) is 6.38. The second kappa shape index (κ2) is 4.38. The number of aromatic nitrogens is 2. The van der Waals surface area contributed by atoms with Gasteiger partial charge >= 0.3 is 0 Å². The lowest BCUT2D eigenvalue weighted by Crippen LogP contribution is -1.86. The van der Waals surface area contributed by atoms with E-state index in [0.717, 1.165) is 27.0 Å². The monoisotopic (exact) mass is 240 g/mol. The van der Waals surface area contributed by atoms with E-state index in [0.29, 0.717) is 0 Å². The van der Waals surface area contributed by atoms with Crippen molar-refractivity contribution in [2.75, 3.05) is 0 Å². The Bertz CT molecular complexity index is 448. The summed E-state index contributed by atoms with van der Waals surface area (Å²) in [5.74, 6) is 0. The Morgan fingerprint density at radius 2 is 2.33 bits per heavy atom. The van der Waals surface area contributed by atoms with Gasteiger partial charge in [-0.15, -0.1) is 22.7 Å². The van der Waals surface area contributed by atoms with Gasteiger partial charge in [0.15, 0.2) is 0 Å². The van der Waals surface area contributed by atoms with Gasteiger partial charge in [0.1, 0.15) is 0 Å². The van der Waals surface area contributed by atoms with E-state index >= 15 is 0 Å². The predicted octanol–water partition coefficient (Wildman–Crippen LogP) is 2.55. The lowest BCUT2D eigenvalue weighted by Gasteiger charge is -1.95. The van der Waals surface area contributed by atoms with Crippen LogP contribution in [0, 0.1) is 6.92 Å². The van der Waals surface area contributed by atoms with Crippen LogP contribution in [0.3, 0.4) is 0 Å². The van der Waals surface area contributed by atoms with Gasteiger partial charge in [0.25, 0.3) is 0 Å². The van der Waals surface area contributed by atoms with Crippen molar-refractivity contribution < 1.29 is 5.11 Å². The van der Waals surface area contributed by atoms with Gasteiger partial charge < -0.3 is 5.11 Å². The largest absolute Gasteiger partial charge is 0.388 e. The molecule has 0 amide bonds. The van der Waals surface area contributed by atoms with Gasteiger partial charge in [-0.3, -0.25) is 0 Å². The molecular formula is C10H12N2OS2. The molecule has 0 aliphatic rings. The predicted molar refractivity (Wildman–Crippen MR) is 62.4 cm³/mol. The summed E-state index contributed by atoms with van der Waals surface area (Å²) in [7, 11) is 0. The van der Waals surface area contributed by atoms with Crippen LogP contribution in [-0.4, -0.2) is 15.1 Å². The van der Waals surface area contributed by atoms with Crippen LogP contribution in [0.15, 0.2) is 11.6 Å². The normalized spacial score (nSPS) is 13.0. The van der Waals surface area contributed by atoms with E-state index in [-0.39, 0.29) is 0 Å². The molecule has 3 nitrogen and oxygen atoms in total. The first-order valence-electron chi connectivity index (χ1n) is 4.69. The molecule has 80 valence electrons. The van der Waals surface area contributed by atoms with Crippen molar-refractivity contribution in [3.05, 3.63) is 32.2 Å². The van der Waals surface area contributed by atoms with Crippen LogP contribution in [-0.2, 0) is 6.42 Å². The molecule has 15 heavy (non-hydrogen) atoms. The minimum atomic E-state index is -0.423. The van der Waals surface area contributed by atoms with Crippen molar-refractivity contribution in [1.29, 1.82) is 0 Å². The summed E-state index contributed by atoms with van der Waals surface area (Å²) < 4.78 is 0. The molecule has 2 aromatic heterocycles. The highest BCUT2D eigenvalue weighted by atomic mass is 32.1. The Hall–Kier alpha value is -0.780. The number of aliphatic hydroxyl groups is 1. The topological polar surface area (TPSA) is 46.0 Å². The molecule has 1 atom stereocenters. The van der Waals surface area contributed by atoms with Crippen molar-refractivity contribution >= 4 is 22.7 Å². The highest BCUT2D eigenvalue weighted by molar-refractivity contribution is 7.11. The van der Waals surface area contributed by atoms with Crippen molar-refractivity contribution in [1.82, 2.24) is 9.97 Å². The molecule has 2 aromatic rings. The van der Waals surface area contributed by atoms with E-state index in [2.05, 4.69) is 15.3 Å². The number of nitrogens with zero attached hydrogens (tertiary/aromatic N) is 2. The maximum Gasteiger partial charge on any atom is 0.0988 e. The maximum atomic E-state index is 9.36. The van der Waals surface area contributed by atoms with Gasteiger partial charge in [-0.1, -0.05) is 0 Å². The van der Waals surface area contributed by atoms with Crippen LogP contribution in [0.1, 0.15) is 33.6 Å². The number of rotatable bonds is 3. The van der Waals surface area contributed by atoms with Crippen LogP contribution in [0.5, 0.6) is 0 Å². The first-order chi connectivity index (χ1) is 7.15. The fourth-order valence-electron chi connectivity index (χ4n) is 1.24. The molecule has 1 N–H and O–H groups in total. The van der Waals surface area contributed by atoms with Crippen LogP contribution in [0.4, 0.5) is 0 Å². The zero-order valence-electron chi connectivity index (χ0n) is 8.60. The Morgan fingerprint density at radius 3 is 2.87 bits per heavy atom. The number of aryl methyl sites for hydroxylation is 1. The third kappa shape index (κ3) is 2.62. The first kappa shape index (κ1) is 10.7. The smallest absolute Gasteiger partial charge is 0.0988 e. The SMILES string of the molecule is Cc1nc(Cc2ncc(C(C)O)s2)cs1. The van der Waals surface area contributed by atoms with E-state index in [1.54, 1.807) is 35.8 Å². The average molecular weight is 240 g/mol. The maximum absolute atomic E-state index is 9.36. The molecule has 5 heteroatoms. The zero-order valence-corrected chi connectivity index (χ0v) is 10.2. The zero-order chi connectivity index (χ0) is 10.8. The summed E-state index contributed by atoms with van der Waals surface area (Å²) in [4.78, 5) is 9.56. The summed E-state index contributed by atoms with van der Waals surface area (Å²) in [6, 6.07) is 0. The van der Waals surface area contributed by atoms with E-state index in [1.165, 1.54) is 0 Å². The Kier molecular flexibility index (Phi) is 3.14. The van der Waals surface area contributed by atoms with Gasteiger partial charge in [0.05, 0.1) is 26.7 Å². The standard InChI is InChI=1S/C10H12N2OS2/c1-6(13)9-4-11-10(15-9)3-8-5-14-7(2)12-8/h4-6,13H,3H2,1-2H3. The Balaban J connectivity index is 2.11. The summed E-state index contributed by atoms with van der Waals surface area (Å²) >= 11 is 3.20. The highest BCUT2D eigenvalue weighted by Crippen LogP contribution is 2.22. The van der Waals surface area contributed by atoms with E-state index in [1.807, 2.05) is 6.92 Å². The fourth-order valence-corrected chi connectivity index (χ4v) is 2.73. The third-order valence-corrected chi connectivity index (χ3v) is 3.97. The Labute approximate surface area is 96.5 Å². The highest BCUT2D eigenvalue weighted by Gasteiger charge is 2.08. The molecule has 0 aromatic carbocycles. The number of aliphatic hydroxyl groups excluding tert-OH is 1. The van der Waals surface area contributed by atoms with Crippen LogP contribution >= 0.6 is 22.7 Å². The van der Waals surface area contributed by atoms with Gasteiger partial charge in [-0.05, 0) is 13.8 Å². The minimum Gasteiger partial charge on any atom is -0.388 e. The molecule has 0 bridgehead atoms. The van der Waals surface area contributed by atoms with E-state index < -0.39 is 6.10 Å². The molecule has 0 saturated heterocycles. The molecule has 0 spiro atoms. The molecule has 0 aliphatic heterocycles. The summed E-state index contributed by atoms with van der Waals surface area (Å²) in [6.07, 6.45) is 2.08. The second-order valence-electron chi connectivity index (χ2n) is 3.37. The van der Waals surface area contributed by atoms with Gasteiger partial charge in [-0.25, -0.2) is 9.97 Å².